The molecule has 9 nitrogen and oxygen atoms in total. The molecule has 3 N–H and O–H groups in total. The maximum absolute atomic E-state index is 12.9. The molecule has 4 heterocycles. The molecular formula is C19H18N2O7S2. The average Bonchev–Trinajstić information content (AvgIpc) is 3.50. The third-order valence-electron chi connectivity index (χ3n) is 5.31. The van der Waals surface area contributed by atoms with E-state index in [0.29, 0.717) is 22.8 Å². The SMILES string of the molecule is COC(=O)c1ccsc1NC(=O)c1ccsc1NC(=O)[C@@H]1[C@H](C(=O)O)[C@H]2CC[C@H]1O2. The van der Waals surface area contributed by atoms with Gasteiger partial charge in [0.25, 0.3) is 5.91 Å². The third-order valence-corrected chi connectivity index (χ3v) is 6.97. The van der Waals surface area contributed by atoms with E-state index in [2.05, 4.69) is 10.6 Å². The molecule has 2 bridgehead atoms. The molecule has 11 heteroatoms. The van der Waals surface area contributed by atoms with Gasteiger partial charge in [0, 0.05) is 0 Å². The summed E-state index contributed by atoms with van der Waals surface area (Å²) in [5.74, 6) is -4.30. The highest BCUT2D eigenvalue weighted by molar-refractivity contribution is 7.15. The van der Waals surface area contributed by atoms with Crippen molar-refractivity contribution in [1.29, 1.82) is 0 Å². The molecule has 4 atom stereocenters. The molecule has 2 saturated heterocycles. The number of carboxylic acids is 1. The van der Waals surface area contributed by atoms with Crippen molar-refractivity contribution < 1.29 is 33.8 Å². The largest absolute Gasteiger partial charge is 0.481 e. The summed E-state index contributed by atoms with van der Waals surface area (Å²) >= 11 is 2.33. The molecule has 0 spiro atoms. The number of thiophene rings is 2. The Hall–Kier alpha value is -2.76. The number of fused-ring (bicyclic) bond motifs is 2. The number of hydrogen-bond donors (Lipinski definition) is 3. The van der Waals surface area contributed by atoms with E-state index in [-0.39, 0.29) is 11.1 Å². The van der Waals surface area contributed by atoms with E-state index in [1.54, 1.807) is 22.9 Å². The Balaban J connectivity index is 1.49. The first-order chi connectivity index (χ1) is 14.4. The fraction of sp³-hybridized carbons (Fsp3) is 0.368. The molecule has 2 aromatic heterocycles. The summed E-state index contributed by atoms with van der Waals surface area (Å²) in [4.78, 5) is 49.0. The van der Waals surface area contributed by atoms with Gasteiger partial charge in [0.15, 0.2) is 0 Å². The monoisotopic (exact) mass is 450 g/mol. The lowest BCUT2D eigenvalue weighted by Gasteiger charge is -2.23. The Morgan fingerprint density at radius 3 is 2.23 bits per heavy atom. The van der Waals surface area contributed by atoms with E-state index in [9.17, 15) is 24.3 Å². The van der Waals surface area contributed by atoms with Gasteiger partial charge in [0.2, 0.25) is 5.91 Å². The molecule has 0 saturated carbocycles. The first kappa shape index (κ1) is 20.5. The number of rotatable bonds is 6. The first-order valence-corrected chi connectivity index (χ1v) is 10.9. The number of aliphatic carboxylic acids is 1. The van der Waals surface area contributed by atoms with Crippen molar-refractivity contribution in [1.82, 2.24) is 0 Å². The van der Waals surface area contributed by atoms with Crippen LogP contribution in [0, 0.1) is 11.8 Å². The molecule has 2 aliphatic rings. The lowest BCUT2D eigenvalue weighted by atomic mass is 9.79. The zero-order chi connectivity index (χ0) is 21.4. The van der Waals surface area contributed by atoms with Crippen LogP contribution in [0.5, 0.6) is 0 Å². The molecule has 2 fully saturated rings. The van der Waals surface area contributed by atoms with E-state index in [0.717, 1.165) is 11.3 Å². The minimum atomic E-state index is -1.06. The molecule has 0 aliphatic carbocycles. The Kier molecular flexibility index (Phi) is 5.58. The van der Waals surface area contributed by atoms with Crippen LogP contribution >= 0.6 is 22.7 Å². The second-order valence-corrected chi connectivity index (χ2v) is 8.77. The topological polar surface area (TPSA) is 131 Å². The molecule has 0 radical (unpaired) electrons. The summed E-state index contributed by atoms with van der Waals surface area (Å²) in [5.41, 5.74) is 0.452. The van der Waals surface area contributed by atoms with Gasteiger partial charge in [-0.3, -0.25) is 14.4 Å². The molecule has 2 amide bonds. The van der Waals surface area contributed by atoms with Gasteiger partial charge in [-0.1, -0.05) is 0 Å². The van der Waals surface area contributed by atoms with E-state index in [1.165, 1.54) is 18.4 Å². The zero-order valence-corrected chi connectivity index (χ0v) is 17.4. The molecule has 4 rings (SSSR count). The Morgan fingerprint density at radius 2 is 1.60 bits per heavy atom. The third kappa shape index (κ3) is 3.59. The van der Waals surface area contributed by atoms with E-state index >= 15 is 0 Å². The van der Waals surface area contributed by atoms with Crippen LogP contribution in [-0.2, 0) is 19.1 Å². The van der Waals surface area contributed by atoms with Crippen LogP contribution < -0.4 is 10.6 Å². The second kappa shape index (κ2) is 8.17. The molecular weight excluding hydrogens is 432 g/mol. The van der Waals surface area contributed by atoms with Gasteiger partial charge in [0.05, 0.1) is 42.3 Å². The van der Waals surface area contributed by atoms with E-state index in [4.69, 9.17) is 9.47 Å². The summed E-state index contributed by atoms with van der Waals surface area (Å²) in [6.07, 6.45) is 0.382. The zero-order valence-electron chi connectivity index (χ0n) is 15.7. The normalized spacial score (nSPS) is 24.4. The highest BCUT2D eigenvalue weighted by Gasteiger charge is 2.55. The highest BCUT2D eigenvalue weighted by Crippen LogP contribution is 2.44. The Labute approximate surface area is 179 Å². The number of esters is 1. The Morgan fingerprint density at radius 1 is 1.00 bits per heavy atom. The maximum Gasteiger partial charge on any atom is 0.340 e. The van der Waals surface area contributed by atoms with Gasteiger partial charge in [-0.15, -0.1) is 22.7 Å². The number of nitrogens with one attached hydrogen (secondary N) is 2. The van der Waals surface area contributed by atoms with Gasteiger partial charge in [-0.05, 0) is 35.7 Å². The van der Waals surface area contributed by atoms with Crippen molar-refractivity contribution in [2.75, 3.05) is 17.7 Å². The van der Waals surface area contributed by atoms with Gasteiger partial charge >= 0.3 is 11.9 Å². The molecule has 0 unspecified atom stereocenters. The standard InChI is InChI=1S/C19H18N2O7S2/c1-27-19(26)9-5-7-30-17(9)20-14(22)8-4-6-29-16(8)21-15(23)12-10-2-3-11(28-10)13(12)18(24)25/h4-7,10-13H,2-3H2,1H3,(H,20,22)(H,21,23)(H,24,25)/t10-,11-,12+,13-/m1/s1. The number of methoxy groups -OCH3 is 1. The highest BCUT2D eigenvalue weighted by atomic mass is 32.1. The summed E-state index contributed by atoms with van der Waals surface area (Å²) < 4.78 is 10.3. The van der Waals surface area contributed by atoms with Crippen LogP contribution in [0.1, 0.15) is 33.6 Å². The fourth-order valence-corrected chi connectivity index (χ4v) is 5.51. The van der Waals surface area contributed by atoms with Crippen LogP contribution in [0.25, 0.3) is 0 Å². The van der Waals surface area contributed by atoms with E-state index < -0.39 is 47.8 Å². The van der Waals surface area contributed by atoms with Crippen molar-refractivity contribution in [3.8, 4) is 0 Å². The van der Waals surface area contributed by atoms with Gasteiger partial charge < -0.3 is 25.2 Å². The quantitative estimate of drug-likeness (QED) is 0.577. The maximum atomic E-state index is 12.9. The predicted octanol–water partition coefficient (Wildman–Crippen LogP) is 2.67. The van der Waals surface area contributed by atoms with Crippen LogP contribution in [0.2, 0.25) is 0 Å². The van der Waals surface area contributed by atoms with Crippen LogP contribution in [0.4, 0.5) is 10.0 Å². The number of hydrogen-bond acceptors (Lipinski definition) is 8. The summed E-state index contributed by atoms with van der Waals surface area (Å²) in [6, 6.07) is 3.09. The van der Waals surface area contributed by atoms with Crippen molar-refractivity contribution in [2.45, 2.75) is 25.0 Å². The van der Waals surface area contributed by atoms with Gasteiger partial charge in [-0.25, -0.2) is 4.79 Å². The lowest BCUT2D eigenvalue weighted by molar-refractivity contribution is -0.147. The van der Waals surface area contributed by atoms with Gasteiger partial charge in [0.1, 0.15) is 10.0 Å². The molecule has 158 valence electrons. The summed E-state index contributed by atoms with van der Waals surface area (Å²) in [7, 11) is 1.25. The minimum absolute atomic E-state index is 0.216. The average molecular weight is 450 g/mol. The molecule has 30 heavy (non-hydrogen) atoms. The van der Waals surface area contributed by atoms with E-state index in [1.807, 2.05) is 0 Å². The van der Waals surface area contributed by atoms with Crippen molar-refractivity contribution in [2.24, 2.45) is 11.8 Å². The van der Waals surface area contributed by atoms with Crippen molar-refractivity contribution in [3.05, 3.63) is 34.0 Å². The number of anilines is 2. The number of carboxylic acid groups (broad SMARTS) is 1. The fourth-order valence-electron chi connectivity index (χ4n) is 3.95. The lowest BCUT2D eigenvalue weighted by Crippen LogP contribution is -2.41. The van der Waals surface area contributed by atoms with Gasteiger partial charge in [-0.2, -0.15) is 0 Å². The summed E-state index contributed by atoms with van der Waals surface area (Å²) in [5, 5.41) is 18.8. The first-order valence-electron chi connectivity index (χ1n) is 9.14. The number of amides is 2. The number of carbonyl (C=O) groups excluding carboxylic acids is 3. The second-order valence-electron chi connectivity index (χ2n) is 6.94. The van der Waals surface area contributed by atoms with Crippen LogP contribution in [0.3, 0.4) is 0 Å². The number of carbonyl (C=O) groups is 4. The molecule has 2 aliphatic heterocycles. The predicted molar refractivity (Wildman–Crippen MR) is 109 cm³/mol. The smallest absolute Gasteiger partial charge is 0.340 e. The Bertz CT molecular complexity index is 1010. The van der Waals surface area contributed by atoms with Crippen LogP contribution in [-0.4, -0.2) is 48.2 Å². The molecule has 2 aromatic rings. The minimum Gasteiger partial charge on any atom is -0.481 e. The van der Waals surface area contributed by atoms with Crippen molar-refractivity contribution in [3.63, 3.8) is 0 Å². The van der Waals surface area contributed by atoms with Crippen LogP contribution in [0.15, 0.2) is 22.9 Å². The number of ether oxygens (including phenoxy) is 2. The van der Waals surface area contributed by atoms with Crippen molar-refractivity contribution >= 4 is 56.4 Å². The molecule has 0 aromatic carbocycles. The summed E-state index contributed by atoms with van der Waals surface area (Å²) in [6.45, 7) is 0.